The summed E-state index contributed by atoms with van der Waals surface area (Å²) >= 11 is 0. The zero-order chi connectivity index (χ0) is 20.1. The van der Waals surface area contributed by atoms with E-state index in [0.717, 1.165) is 31.0 Å². The van der Waals surface area contributed by atoms with Crippen molar-refractivity contribution in [3.63, 3.8) is 0 Å². The van der Waals surface area contributed by atoms with E-state index < -0.39 is 0 Å². The lowest BCUT2D eigenvalue weighted by atomic mass is 9.91. The van der Waals surface area contributed by atoms with Gasteiger partial charge in [0.1, 0.15) is 0 Å². The molecule has 1 aliphatic heterocycles. The molecule has 0 saturated carbocycles. The van der Waals surface area contributed by atoms with Crippen LogP contribution in [0.25, 0.3) is 0 Å². The molecule has 3 rings (SSSR count). The van der Waals surface area contributed by atoms with Gasteiger partial charge in [0, 0.05) is 25.6 Å². The molecule has 150 valence electrons. The standard InChI is InChI=1S/C23H30N2O3/c1-16(2)23(26)24-14-20-19-13-22(28-4)21(27-3)12-18(19)10-11-25(20)15-17-8-6-5-7-9-17/h5-9,12-13,16,20H,10-11,14-15H2,1-4H3,(H,24,26)/t20-/m1/s1. The summed E-state index contributed by atoms with van der Waals surface area (Å²) in [5.41, 5.74) is 3.72. The lowest BCUT2D eigenvalue weighted by Gasteiger charge is -2.38. The maximum atomic E-state index is 12.2. The quantitative estimate of drug-likeness (QED) is 0.795. The molecule has 1 N–H and O–H groups in total. The highest BCUT2D eigenvalue weighted by molar-refractivity contribution is 5.77. The Kier molecular flexibility index (Phi) is 6.57. The van der Waals surface area contributed by atoms with Crippen LogP contribution in [-0.4, -0.2) is 38.1 Å². The molecule has 0 bridgehead atoms. The highest BCUT2D eigenvalue weighted by atomic mass is 16.5. The van der Waals surface area contributed by atoms with E-state index in [-0.39, 0.29) is 17.9 Å². The van der Waals surface area contributed by atoms with Gasteiger partial charge >= 0.3 is 0 Å². The van der Waals surface area contributed by atoms with E-state index in [1.165, 1.54) is 16.7 Å². The number of carbonyl (C=O) groups excluding carboxylic acids is 1. The van der Waals surface area contributed by atoms with Crippen LogP contribution in [0.1, 0.15) is 36.6 Å². The third-order valence-corrected chi connectivity index (χ3v) is 5.34. The van der Waals surface area contributed by atoms with Gasteiger partial charge in [-0.2, -0.15) is 0 Å². The second-order valence-corrected chi connectivity index (χ2v) is 7.53. The van der Waals surface area contributed by atoms with Gasteiger partial charge in [0.05, 0.1) is 20.3 Å². The highest BCUT2D eigenvalue weighted by Crippen LogP contribution is 2.38. The van der Waals surface area contributed by atoms with E-state index in [1.807, 2.05) is 19.9 Å². The van der Waals surface area contributed by atoms with Crippen LogP contribution in [0.2, 0.25) is 0 Å². The molecule has 1 aliphatic rings. The summed E-state index contributed by atoms with van der Waals surface area (Å²) in [5.74, 6) is 1.52. The largest absolute Gasteiger partial charge is 0.493 e. The van der Waals surface area contributed by atoms with Crippen molar-refractivity contribution >= 4 is 5.91 Å². The smallest absolute Gasteiger partial charge is 0.222 e. The Morgan fingerprint density at radius 2 is 1.82 bits per heavy atom. The van der Waals surface area contributed by atoms with Crippen LogP contribution in [0.4, 0.5) is 0 Å². The first-order valence-corrected chi connectivity index (χ1v) is 9.84. The van der Waals surface area contributed by atoms with Gasteiger partial charge in [0.15, 0.2) is 11.5 Å². The zero-order valence-electron chi connectivity index (χ0n) is 17.2. The summed E-state index contributed by atoms with van der Waals surface area (Å²) in [6.07, 6.45) is 0.942. The number of fused-ring (bicyclic) bond motifs is 1. The van der Waals surface area contributed by atoms with E-state index in [1.54, 1.807) is 14.2 Å². The summed E-state index contributed by atoms with van der Waals surface area (Å²) < 4.78 is 11.0. The number of hydrogen-bond donors (Lipinski definition) is 1. The lowest BCUT2D eigenvalue weighted by molar-refractivity contribution is -0.124. The van der Waals surface area contributed by atoms with Crippen LogP contribution in [-0.2, 0) is 17.8 Å². The van der Waals surface area contributed by atoms with Gasteiger partial charge in [-0.05, 0) is 35.2 Å². The number of ether oxygens (including phenoxy) is 2. The molecule has 0 saturated heterocycles. The molecule has 5 nitrogen and oxygen atoms in total. The van der Waals surface area contributed by atoms with Crippen LogP contribution in [0.3, 0.4) is 0 Å². The van der Waals surface area contributed by atoms with Crippen molar-refractivity contribution < 1.29 is 14.3 Å². The fraction of sp³-hybridized carbons (Fsp3) is 0.435. The predicted octanol–water partition coefficient (Wildman–Crippen LogP) is 3.58. The Labute approximate surface area is 167 Å². The molecule has 1 heterocycles. The number of methoxy groups -OCH3 is 2. The van der Waals surface area contributed by atoms with Gasteiger partial charge in [0.2, 0.25) is 5.91 Å². The van der Waals surface area contributed by atoms with Gasteiger partial charge in [-0.25, -0.2) is 0 Å². The van der Waals surface area contributed by atoms with Gasteiger partial charge in [-0.3, -0.25) is 9.69 Å². The number of nitrogens with one attached hydrogen (secondary N) is 1. The normalized spacial score (nSPS) is 16.5. The first-order valence-electron chi connectivity index (χ1n) is 9.84. The number of benzene rings is 2. The van der Waals surface area contributed by atoms with Crippen molar-refractivity contribution in [1.29, 1.82) is 0 Å². The molecule has 1 atom stereocenters. The predicted molar refractivity (Wildman–Crippen MR) is 111 cm³/mol. The summed E-state index contributed by atoms with van der Waals surface area (Å²) in [4.78, 5) is 14.6. The minimum Gasteiger partial charge on any atom is -0.493 e. The number of carbonyl (C=O) groups is 1. The van der Waals surface area contributed by atoms with E-state index >= 15 is 0 Å². The lowest BCUT2D eigenvalue weighted by Crippen LogP contribution is -2.42. The van der Waals surface area contributed by atoms with E-state index in [9.17, 15) is 4.79 Å². The van der Waals surface area contributed by atoms with Crippen LogP contribution >= 0.6 is 0 Å². The topological polar surface area (TPSA) is 50.8 Å². The molecule has 0 unspecified atom stereocenters. The third-order valence-electron chi connectivity index (χ3n) is 5.34. The number of amides is 1. The Morgan fingerprint density at radius 3 is 2.46 bits per heavy atom. The first kappa shape index (κ1) is 20.2. The summed E-state index contributed by atoms with van der Waals surface area (Å²) in [6, 6.07) is 14.7. The van der Waals surface area contributed by atoms with Gasteiger partial charge in [-0.15, -0.1) is 0 Å². The molecule has 5 heteroatoms. The summed E-state index contributed by atoms with van der Waals surface area (Å²) in [7, 11) is 3.32. The fourth-order valence-electron chi connectivity index (χ4n) is 3.73. The average Bonchev–Trinajstić information content (AvgIpc) is 2.72. The van der Waals surface area contributed by atoms with Crippen LogP contribution < -0.4 is 14.8 Å². The Hall–Kier alpha value is -2.53. The van der Waals surface area contributed by atoms with Crippen LogP contribution in [0, 0.1) is 5.92 Å². The Bertz CT molecular complexity index is 805. The molecule has 2 aromatic carbocycles. The average molecular weight is 383 g/mol. The van der Waals surface area contributed by atoms with Crippen molar-refractivity contribution in [2.24, 2.45) is 5.92 Å². The van der Waals surface area contributed by atoms with Crippen molar-refractivity contribution in [3.8, 4) is 11.5 Å². The second kappa shape index (κ2) is 9.11. The van der Waals surface area contributed by atoms with E-state index in [4.69, 9.17) is 9.47 Å². The van der Waals surface area contributed by atoms with Gasteiger partial charge < -0.3 is 14.8 Å². The maximum absolute atomic E-state index is 12.2. The van der Waals surface area contributed by atoms with Crippen molar-refractivity contribution in [2.75, 3.05) is 27.3 Å². The molecule has 0 radical (unpaired) electrons. The van der Waals surface area contributed by atoms with Gasteiger partial charge in [-0.1, -0.05) is 44.2 Å². The van der Waals surface area contributed by atoms with E-state index in [2.05, 4.69) is 46.6 Å². The maximum Gasteiger partial charge on any atom is 0.222 e. The minimum absolute atomic E-state index is 0.0314. The molecule has 1 amide bonds. The molecule has 2 aromatic rings. The summed E-state index contributed by atoms with van der Waals surface area (Å²) in [5, 5.41) is 3.12. The zero-order valence-corrected chi connectivity index (χ0v) is 17.2. The number of rotatable bonds is 7. The molecule has 0 aliphatic carbocycles. The summed E-state index contributed by atoms with van der Waals surface area (Å²) in [6.45, 7) is 6.18. The Morgan fingerprint density at radius 1 is 1.14 bits per heavy atom. The van der Waals surface area contributed by atoms with E-state index in [0.29, 0.717) is 6.54 Å². The van der Waals surface area contributed by atoms with Crippen LogP contribution in [0.5, 0.6) is 11.5 Å². The number of nitrogens with zero attached hydrogens (tertiary/aromatic N) is 1. The monoisotopic (exact) mass is 382 g/mol. The Balaban J connectivity index is 1.92. The molecule has 28 heavy (non-hydrogen) atoms. The van der Waals surface area contributed by atoms with Gasteiger partial charge in [0.25, 0.3) is 0 Å². The molecular weight excluding hydrogens is 352 g/mol. The SMILES string of the molecule is COc1cc2c(cc1OC)[C@@H](CNC(=O)C(C)C)N(Cc1ccccc1)CC2. The highest BCUT2D eigenvalue weighted by Gasteiger charge is 2.29. The molecular formula is C23H30N2O3. The third kappa shape index (κ3) is 4.47. The minimum atomic E-state index is -0.0314. The van der Waals surface area contributed by atoms with Crippen molar-refractivity contribution in [1.82, 2.24) is 10.2 Å². The first-order chi connectivity index (χ1) is 13.5. The van der Waals surface area contributed by atoms with Crippen LogP contribution in [0.15, 0.2) is 42.5 Å². The second-order valence-electron chi connectivity index (χ2n) is 7.53. The molecule has 0 spiro atoms. The number of hydrogen-bond acceptors (Lipinski definition) is 4. The molecule has 0 aromatic heterocycles. The molecule has 0 fully saturated rings. The fourth-order valence-corrected chi connectivity index (χ4v) is 3.73. The van der Waals surface area contributed by atoms with Crippen molar-refractivity contribution in [2.45, 2.75) is 32.9 Å². The van der Waals surface area contributed by atoms with Crippen molar-refractivity contribution in [3.05, 3.63) is 59.2 Å².